The first-order valence-corrected chi connectivity index (χ1v) is 9.61. The fourth-order valence-corrected chi connectivity index (χ4v) is 2.93. The van der Waals surface area contributed by atoms with Crippen LogP contribution in [0.4, 0.5) is 5.69 Å². The first-order chi connectivity index (χ1) is 15.0. The molecular formula is C23H20ClN3O4. The van der Waals surface area contributed by atoms with Crippen LogP contribution in [0.3, 0.4) is 0 Å². The van der Waals surface area contributed by atoms with Crippen molar-refractivity contribution in [2.24, 2.45) is 5.10 Å². The first-order valence-electron chi connectivity index (χ1n) is 9.23. The summed E-state index contributed by atoms with van der Waals surface area (Å²) in [6.07, 6.45) is 1.50. The summed E-state index contributed by atoms with van der Waals surface area (Å²) in [5.74, 6) is 0.445. The van der Waals surface area contributed by atoms with Crippen LogP contribution >= 0.6 is 11.6 Å². The lowest BCUT2D eigenvalue weighted by atomic mass is 10.1. The van der Waals surface area contributed by atoms with Crippen molar-refractivity contribution in [3.8, 4) is 11.5 Å². The fraction of sp³-hybridized carbons (Fsp3) is 0.0870. The Hall–Kier alpha value is -3.84. The number of carbonyl (C=O) groups is 2. The predicted octanol–water partition coefficient (Wildman–Crippen LogP) is 4.37. The molecule has 0 saturated carbocycles. The van der Waals surface area contributed by atoms with Gasteiger partial charge in [0.25, 0.3) is 11.8 Å². The molecule has 0 aliphatic carbocycles. The van der Waals surface area contributed by atoms with Gasteiger partial charge in [-0.1, -0.05) is 23.7 Å². The molecule has 0 aliphatic heterocycles. The van der Waals surface area contributed by atoms with Gasteiger partial charge in [0, 0.05) is 11.3 Å². The zero-order valence-corrected chi connectivity index (χ0v) is 17.6. The molecule has 2 N–H and O–H groups in total. The maximum absolute atomic E-state index is 12.3. The molecule has 0 aliphatic rings. The van der Waals surface area contributed by atoms with Gasteiger partial charge in [-0.15, -0.1) is 0 Å². The summed E-state index contributed by atoms with van der Waals surface area (Å²) in [5, 5.41) is 7.07. The van der Waals surface area contributed by atoms with Crippen molar-refractivity contribution in [2.75, 3.05) is 19.5 Å². The van der Waals surface area contributed by atoms with Gasteiger partial charge in [0.05, 0.1) is 31.0 Å². The highest BCUT2D eigenvalue weighted by Crippen LogP contribution is 2.26. The van der Waals surface area contributed by atoms with E-state index in [4.69, 9.17) is 21.1 Å². The number of rotatable bonds is 7. The lowest BCUT2D eigenvalue weighted by molar-refractivity contribution is 0.0954. The maximum atomic E-state index is 12.3. The van der Waals surface area contributed by atoms with Gasteiger partial charge in [0.15, 0.2) is 11.5 Å². The van der Waals surface area contributed by atoms with Crippen molar-refractivity contribution in [3.05, 3.63) is 88.4 Å². The van der Waals surface area contributed by atoms with Crippen LogP contribution in [0.15, 0.2) is 71.8 Å². The summed E-state index contributed by atoms with van der Waals surface area (Å²) < 4.78 is 10.4. The van der Waals surface area contributed by atoms with E-state index in [9.17, 15) is 9.59 Å². The number of hydrogen-bond acceptors (Lipinski definition) is 5. The highest BCUT2D eigenvalue weighted by atomic mass is 35.5. The average Bonchev–Trinajstić information content (AvgIpc) is 2.79. The van der Waals surface area contributed by atoms with Crippen molar-refractivity contribution >= 4 is 35.3 Å². The van der Waals surface area contributed by atoms with Crippen LogP contribution in [0.25, 0.3) is 0 Å². The van der Waals surface area contributed by atoms with Crippen molar-refractivity contribution in [1.82, 2.24) is 5.43 Å². The summed E-state index contributed by atoms with van der Waals surface area (Å²) in [4.78, 5) is 24.6. The largest absolute Gasteiger partial charge is 0.493 e. The summed E-state index contributed by atoms with van der Waals surface area (Å²) in [6.45, 7) is 0. The van der Waals surface area contributed by atoms with E-state index in [1.165, 1.54) is 6.21 Å². The zero-order valence-electron chi connectivity index (χ0n) is 16.9. The summed E-state index contributed by atoms with van der Waals surface area (Å²) in [5.41, 5.74) is 4.49. The van der Waals surface area contributed by atoms with E-state index in [2.05, 4.69) is 15.8 Å². The normalized spacial score (nSPS) is 10.5. The Balaban J connectivity index is 1.60. The van der Waals surface area contributed by atoms with Crippen LogP contribution in [0.5, 0.6) is 11.5 Å². The topological polar surface area (TPSA) is 89.0 Å². The molecule has 7 nitrogen and oxygen atoms in total. The average molecular weight is 438 g/mol. The van der Waals surface area contributed by atoms with E-state index in [0.717, 1.165) is 5.56 Å². The molecule has 0 atom stereocenters. The minimum absolute atomic E-state index is 0.331. The molecule has 2 amide bonds. The molecule has 0 unspecified atom stereocenters. The maximum Gasteiger partial charge on any atom is 0.271 e. The molecule has 0 saturated heterocycles. The van der Waals surface area contributed by atoms with Crippen LogP contribution in [-0.4, -0.2) is 32.2 Å². The predicted molar refractivity (Wildman–Crippen MR) is 120 cm³/mol. The molecule has 0 spiro atoms. The van der Waals surface area contributed by atoms with Gasteiger partial charge in [0.2, 0.25) is 0 Å². The van der Waals surface area contributed by atoms with E-state index in [1.54, 1.807) is 80.9 Å². The Labute approximate surface area is 184 Å². The molecule has 3 aromatic rings. The number of benzene rings is 3. The number of amides is 2. The van der Waals surface area contributed by atoms with Gasteiger partial charge in [-0.25, -0.2) is 5.43 Å². The Morgan fingerprint density at radius 2 is 1.61 bits per heavy atom. The highest BCUT2D eigenvalue weighted by molar-refractivity contribution is 6.34. The SMILES string of the molecule is COc1ccc(C=NNC(=O)c2ccc(NC(=O)c3ccccc3Cl)cc2)cc1OC. The summed E-state index contributed by atoms with van der Waals surface area (Å²) >= 11 is 6.04. The van der Waals surface area contributed by atoms with Crippen molar-refractivity contribution < 1.29 is 19.1 Å². The van der Waals surface area contributed by atoms with Gasteiger partial charge in [0.1, 0.15) is 0 Å². The third kappa shape index (κ3) is 5.61. The van der Waals surface area contributed by atoms with Gasteiger partial charge in [-0.05, 0) is 60.2 Å². The number of hydrazone groups is 1. The van der Waals surface area contributed by atoms with Gasteiger partial charge < -0.3 is 14.8 Å². The number of nitrogens with zero attached hydrogens (tertiary/aromatic N) is 1. The van der Waals surface area contributed by atoms with Crippen LogP contribution in [0.1, 0.15) is 26.3 Å². The molecule has 31 heavy (non-hydrogen) atoms. The first kappa shape index (κ1) is 21.9. The Kier molecular flexibility index (Phi) is 7.24. The van der Waals surface area contributed by atoms with E-state index in [1.807, 2.05) is 0 Å². The van der Waals surface area contributed by atoms with Crippen molar-refractivity contribution in [2.45, 2.75) is 0 Å². The molecule has 8 heteroatoms. The number of nitrogens with one attached hydrogen (secondary N) is 2. The van der Waals surface area contributed by atoms with Crippen molar-refractivity contribution in [1.29, 1.82) is 0 Å². The second kappa shape index (κ2) is 10.3. The second-order valence-corrected chi connectivity index (χ2v) is 6.73. The fourth-order valence-electron chi connectivity index (χ4n) is 2.71. The Bertz CT molecular complexity index is 1110. The van der Waals surface area contributed by atoms with Crippen LogP contribution in [-0.2, 0) is 0 Å². The van der Waals surface area contributed by atoms with E-state index >= 15 is 0 Å². The number of halogens is 1. The minimum atomic E-state index is -0.388. The molecule has 0 bridgehead atoms. The Morgan fingerprint density at radius 1 is 0.903 bits per heavy atom. The number of carbonyl (C=O) groups excluding carboxylic acids is 2. The van der Waals surface area contributed by atoms with Gasteiger partial charge in [-0.2, -0.15) is 5.10 Å². The summed E-state index contributed by atoms with van der Waals surface area (Å²) in [6, 6.07) is 18.5. The number of ether oxygens (including phenoxy) is 2. The third-order valence-corrected chi connectivity index (χ3v) is 4.64. The van der Waals surface area contributed by atoms with Gasteiger partial charge >= 0.3 is 0 Å². The monoisotopic (exact) mass is 437 g/mol. The van der Waals surface area contributed by atoms with E-state index in [0.29, 0.717) is 33.3 Å². The zero-order chi connectivity index (χ0) is 22.2. The lowest BCUT2D eigenvalue weighted by Gasteiger charge is -2.08. The van der Waals surface area contributed by atoms with Crippen LogP contribution < -0.4 is 20.2 Å². The molecule has 0 fully saturated rings. The molecule has 158 valence electrons. The van der Waals surface area contributed by atoms with Crippen molar-refractivity contribution in [3.63, 3.8) is 0 Å². The molecule has 0 heterocycles. The number of methoxy groups -OCH3 is 2. The van der Waals surface area contributed by atoms with Crippen LogP contribution in [0, 0.1) is 0 Å². The highest BCUT2D eigenvalue weighted by Gasteiger charge is 2.10. The molecule has 3 aromatic carbocycles. The third-order valence-electron chi connectivity index (χ3n) is 4.31. The number of anilines is 1. The van der Waals surface area contributed by atoms with Gasteiger partial charge in [-0.3, -0.25) is 9.59 Å². The quantitative estimate of drug-likeness (QED) is 0.424. The van der Waals surface area contributed by atoms with E-state index < -0.39 is 0 Å². The second-order valence-electron chi connectivity index (χ2n) is 6.32. The number of hydrogen-bond donors (Lipinski definition) is 2. The Morgan fingerprint density at radius 3 is 2.29 bits per heavy atom. The molecule has 0 aromatic heterocycles. The standard InChI is InChI=1S/C23H20ClN3O4/c1-30-20-12-7-15(13-21(20)31-2)14-25-27-22(28)16-8-10-17(11-9-16)26-23(29)18-5-3-4-6-19(18)24/h3-14H,1-2H3,(H,26,29)(H,27,28). The smallest absolute Gasteiger partial charge is 0.271 e. The minimum Gasteiger partial charge on any atom is -0.493 e. The van der Waals surface area contributed by atoms with E-state index in [-0.39, 0.29) is 11.8 Å². The summed E-state index contributed by atoms with van der Waals surface area (Å²) in [7, 11) is 3.10. The molecule has 3 rings (SSSR count). The molecule has 0 radical (unpaired) electrons. The lowest BCUT2D eigenvalue weighted by Crippen LogP contribution is -2.18. The van der Waals surface area contributed by atoms with Crippen LogP contribution in [0.2, 0.25) is 5.02 Å². The molecular weight excluding hydrogens is 418 g/mol.